The number of sulfonamides is 1. The molecule has 30 heavy (non-hydrogen) atoms. The van der Waals surface area contributed by atoms with E-state index in [4.69, 9.17) is 20.8 Å². The molecule has 3 aromatic rings. The molecule has 0 radical (unpaired) electrons. The predicted molar refractivity (Wildman–Crippen MR) is 114 cm³/mol. The van der Waals surface area contributed by atoms with Gasteiger partial charge in [-0.2, -0.15) is 4.31 Å². The number of nitrogens with zero attached hydrogens (tertiary/aromatic N) is 3. The number of hydrogen-bond acceptors (Lipinski definition) is 6. The molecule has 0 saturated carbocycles. The number of hydrogen-bond donors (Lipinski definition) is 0. The van der Waals surface area contributed by atoms with E-state index in [0.29, 0.717) is 55.1 Å². The zero-order chi connectivity index (χ0) is 21.1. The minimum Gasteiger partial charge on any atom is -0.497 e. The molecule has 1 saturated heterocycles. The monoisotopic (exact) mass is 447 g/mol. The fraction of sp³-hybridized carbons (Fsp3) is 0.286. The Morgan fingerprint density at radius 3 is 2.33 bits per heavy atom. The second-order valence-corrected chi connectivity index (χ2v) is 9.36. The van der Waals surface area contributed by atoms with Crippen molar-refractivity contribution in [3.05, 3.63) is 65.6 Å². The molecule has 2 aromatic carbocycles. The lowest BCUT2D eigenvalue weighted by atomic mass is 10.2. The van der Waals surface area contributed by atoms with Crippen molar-refractivity contribution in [3.8, 4) is 17.1 Å². The Labute approximate surface area is 180 Å². The quantitative estimate of drug-likeness (QED) is 0.575. The Balaban J connectivity index is 1.36. The van der Waals surface area contributed by atoms with E-state index in [2.05, 4.69) is 9.88 Å². The molecule has 4 rings (SSSR count). The first-order valence-electron chi connectivity index (χ1n) is 9.53. The predicted octanol–water partition coefficient (Wildman–Crippen LogP) is 3.51. The second kappa shape index (κ2) is 8.77. The molecule has 0 N–H and O–H groups in total. The number of halogens is 1. The Hall–Kier alpha value is -2.39. The molecule has 0 amide bonds. The second-order valence-electron chi connectivity index (χ2n) is 6.98. The molecule has 158 valence electrons. The van der Waals surface area contributed by atoms with Gasteiger partial charge in [-0.3, -0.25) is 4.90 Å². The van der Waals surface area contributed by atoms with Crippen LogP contribution in [0.3, 0.4) is 0 Å². The van der Waals surface area contributed by atoms with Crippen molar-refractivity contribution in [2.45, 2.75) is 11.4 Å². The normalized spacial score (nSPS) is 15.9. The summed E-state index contributed by atoms with van der Waals surface area (Å²) in [6.45, 7) is 2.57. The van der Waals surface area contributed by atoms with Crippen LogP contribution in [0.25, 0.3) is 11.3 Å². The van der Waals surface area contributed by atoms with Crippen molar-refractivity contribution in [1.29, 1.82) is 0 Å². The number of piperazine rings is 1. The van der Waals surface area contributed by atoms with Gasteiger partial charge < -0.3 is 9.15 Å². The molecular weight excluding hydrogens is 426 g/mol. The van der Waals surface area contributed by atoms with Gasteiger partial charge in [-0.25, -0.2) is 13.4 Å². The lowest BCUT2D eigenvalue weighted by Crippen LogP contribution is -2.48. The SMILES string of the molecule is COc1ccc(S(=O)(=O)N2CCN(Cc3ncc(-c4ccc(Cl)cc4)o3)CC2)cc1. The van der Waals surface area contributed by atoms with Crippen LogP contribution in [0, 0.1) is 0 Å². The third-order valence-electron chi connectivity index (χ3n) is 5.07. The van der Waals surface area contributed by atoms with Gasteiger partial charge in [-0.15, -0.1) is 0 Å². The molecule has 0 bridgehead atoms. The van der Waals surface area contributed by atoms with Crippen LogP contribution in [0.5, 0.6) is 5.75 Å². The lowest BCUT2D eigenvalue weighted by Gasteiger charge is -2.33. The molecule has 0 spiro atoms. The zero-order valence-corrected chi connectivity index (χ0v) is 18.1. The summed E-state index contributed by atoms with van der Waals surface area (Å²) in [6.07, 6.45) is 1.70. The Kier molecular flexibility index (Phi) is 6.10. The molecule has 7 nitrogen and oxygen atoms in total. The number of aromatic nitrogens is 1. The van der Waals surface area contributed by atoms with Gasteiger partial charge in [0.2, 0.25) is 15.9 Å². The topological polar surface area (TPSA) is 75.9 Å². The average Bonchev–Trinajstić information content (AvgIpc) is 3.23. The summed E-state index contributed by atoms with van der Waals surface area (Å²) in [5.74, 6) is 1.91. The van der Waals surface area contributed by atoms with Crippen molar-refractivity contribution in [1.82, 2.24) is 14.2 Å². The van der Waals surface area contributed by atoms with E-state index in [9.17, 15) is 8.42 Å². The first kappa shape index (κ1) is 20.9. The van der Waals surface area contributed by atoms with Crippen molar-refractivity contribution >= 4 is 21.6 Å². The van der Waals surface area contributed by atoms with Crippen molar-refractivity contribution in [2.75, 3.05) is 33.3 Å². The van der Waals surface area contributed by atoms with Gasteiger partial charge in [0.05, 0.1) is 24.7 Å². The molecule has 1 aromatic heterocycles. The maximum absolute atomic E-state index is 12.9. The third kappa shape index (κ3) is 4.52. The summed E-state index contributed by atoms with van der Waals surface area (Å²) in [4.78, 5) is 6.77. The Bertz CT molecular complexity index is 1090. The number of ether oxygens (including phenoxy) is 1. The maximum atomic E-state index is 12.9. The van der Waals surface area contributed by atoms with E-state index in [-0.39, 0.29) is 4.90 Å². The van der Waals surface area contributed by atoms with Crippen LogP contribution < -0.4 is 4.74 Å². The fourth-order valence-corrected chi connectivity index (χ4v) is 4.90. The summed E-state index contributed by atoms with van der Waals surface area (Å²) < 4.78 is 38.2. The average molecular weight is 448 g/mol. The molecule has 1 aliphatic rings. The van der Waals surface area contributed by atoms with Crippen LogP contribution in [-0.2, 0) is 16.6 Å². The highest BCUT2D eigenvalue weighted by Gasteiger charge is 2.29. The summed E-state index contributed by atoms with van der Waals surface area (Å²) >= 11 is 5.92. The highest BCUT2D eigenvalue weighted by Crippen LogP contribution is 2.24. The Morgan fingerprint density at radius 1 is 1.03 bits per heavy atom. The number of methoxy groups -OCH3 is 1. The van der Waals surface area contributed by atoms with E-state index in [1.165, 1.54) is 4.31 Å². The van der Waals surface area contributed by atoms with Gasteiger partial charge in [-0.1, -0.05) is 11.6 Å². The molecule has 9 heteroatoms. The van der Waals surface area contributed by atoms with Gasteiger partial charge in [-0.05, 0) is 48.5 Å². The number of oxazole rings is 1. The van der Waals surface area contributed by atoms with Crippen molar-refractivity contribution in [3.63, 3.8) is 0 Å². The van der Waals surface area contributed by atoms with Crippen LogP contribution in [0.4, 0.5) is 0 Å². The van der Waals surface area contributed by atoms with Crippen LogP contribution in [0.15, 0.2) is 64.0 Å². The lowest BCUT2D eigenvalue weighted by molar-refractivity contribution is 0.168. The summed E-state index contributed by atoms with van der Waals surface area (Å²) in [7, 11) is -1.97. The minimum atomic E-state index is -3.52. The summed E-state index contributed by atoms with van der Waals surface area (Å²) in [5.41, 5.74) is 0.911. The summed E-state index contributed by atoms with van der Waals surface area (Å²) in [6, 6.07) is 13.8. The Morgan fingerprint density at radius 2 is 1.70 bits per heavy atom. The molecule has 0 aliphatic carbocycles. The number of benzene rings is 2. The molecule has 1 aliphatic heterocycles. The van der Waals surface area contributed by atoms with Crippen LogP contribution >= 0.6 is 11.6 Å². The van der Waals surface area contributed by atoms with E-state index < -0.39 is 10.0 Å². The van der Waals surface area contributed by atoms with Gasteiger partial charge in [0.25, 0.3) is 0 Å². The maximum Gasteiger partial charge on any atom is 0.243 e. The molecule has 2 heterocycles. The van der Waals surface area contributed by atoms with Gasteiger partial charge >= 0.3 is 0 Å². The largest absolute Gasteiger partial charge is 0.497 e. The zero-order valence-electron chi connectivity index (χ0n) is 16.5. The molecule has 0 unspecified atom stereocenters. The molecule has 0 atom stereocenters. The standard InChI is InChI=1S/C21H22ClN3O4S/c1-28-18-6-8-19(9-7-18)30(26,27)25-12-10-24(11-13-25)15-21-23-14-20(29-21)16-2-4-17(22)5-3-16/h2-9,14H,10-13,15H2,1H3. The van der Waals surface area contributed by atoms with E-state index in [1.54, 1.807) is 37.6 Å². The van der Waals surface area contributed by atoms with Gasteiger partial charge in [0.1, 0.15) is 5.75 Å². The minimum absolute atomic E-state index is 0.275. The first-order chi connectivity index (χ1) is 14.5. The van der Waals surface area contributed by atoms with Crippen LogP contribution in [0.1, 0.15) is 5.89 Å². The van der Waals surface area contributed by atoms with E-state index in [0.717, 1.165) is 5.56 Å². The first-order valence-corrected chi connectivity index (χ1v) is 11.3. The fourth-order valence-electron chi connectivity index (χ4n) is 3.35. The van der Waals surface area contributed by atoms with Gasteiger partial charge in [0.15, 0.2) is 5.76 Å². The molecular formula is C21H22ClN3O4S. The number of rotatable bonds is 6. The summed E-state index contributed by atoms with van der Waals surface area (Å²) in [5, 5.41) is 0.668. The van der Waals surface area contributed by atoms with Crippen LogP contribution in [0.2, 0.25) is 5.02 Å². The van der Waals surface area contributed by atoms with E-state index in [1.807, 2.05) is 24.3 Å². The molecule has 1 fully saturated rings. The van der Waals surface area contributed by atoms with E-state index >= 15 is 0 Å². The highest BCUT2D eigenvalue weighted by atomic mass is 35.5. The van der Waals surface area contributed by atoms with Crippen molar-refractivity contribution < 1.29 is 17.6 Å². The van der Waals surface area contributed by atoms with Crippen molar-refractivity contribution in [2.24, 2.45) is 0 Å². The smallest absolute Gasteiger partial charge is 0.243 e. The highest BCUT2D eigenvalue weighted by molar-refractivity contribution is 7.89. The van der Waals surface area contributed by atoms with Crippen LogP contribution in [-0.4, -0.2) is 55.9 Å². The van der Waals surface area contributed by atoms with Gasteiger partial charge in [0, 0.05) is 36.8 Å². The third-order valence-corrected chi connectivity index (χ3v) is 7.23.